The first-order valence-corrected chi connectivity index (χ1v) is 11.3. The van der Waals surface area contributed by atoms with Gasteiger partial charge in [-0.1, -0.05) is 60.2 Å². The van der Waals surface area contributed by atoms with E-state index in [-0.39, 0.29) is 5.78 Å². The Morgan fingerprint density at radius 2 is 1.31 bits per heavy atom. The number of esters is 1. The highest BCUT2D eigenvalue weighted by Crippen LogP contribution is 2.25. The van der Waals surface area contributed by atoms with E-state index in [1.165, 1.54) is 5.56 Å². The predicted octanol–water partition coefficient (Wildman–Crippen LogP) is 6.36. The van der Waals surface area contributed by atoms with Crippen LogP contribution in [0.25, 0.3) is 0 Å². The number of methoxy groups -OCH3 is 1. The van der Waals surface area contributed by atoms with Crippen LogP contribution in [0.1, 0.15) is 43.5 Å². The molecule has 0 heterocycles. The summed E-state index contributed by atoms with van der Waals surface area (Å²) in [6.45, 7) is 2.40. The molecule has 0 unspecified atom stereocenters. The van der Waals surface area contributed by atoms with Crippen molar-refractivity contribution >= 4 is 11.8 Å². The van der Waals surface area contributed by atoms with Crippen LogP contribution in [0.2, 0.25) is 0 Å². The molecule has 0 saturated carbocycles. The third kappa shape index (κ3) is 6.15. The highest BCUT2D eigenvalue weighted by atomic mass is 16.5. The van der Waals surface area contributed by atoms with Gasteiger partial charge in [0.1, 0.15) is 18.1 Å². The van der Waals surface area contributed by atoms with Crippen molar-refractivity contribution in [2.75, 3.05) is 7.11 Å². The van der Waals surface area contributed by atoms with Crippen LogP contribution in [0.3, 0.4) is 0 Å². The molecule has 4 aromatic rings. The zero-order valence-electron chi connectivity index (χ0n) is 19.6. The van der Waals surface area contributed by atoms with Gasteiger partial charge < -0.3 is 14.2 Å². The Labute approximate surface area is 204 Å². The zero-order valence-corrected chi connectivity index (χ0v) is 19.6. The maximum atomic E-state index is 13.3. The summed E-state index contributed by atoms with van der Waals surface area (Å²) in [6.07, 6.45) is -1.07. The first-order chi connectivity index (χ1) is 17.0. The molecule has 0 aliphatic rings. The molecule has 0 aromatic heterocycles. The Hall–Kier alpha value is -4.38. The van der Waals surface area contributed by atoms with Gasteiger partial charge in [-0.05, 0) is 61.0 Å². The number of aryl methyl sites for hydroxylation is 1. The summed E-state index contributed by atoms with van der Waals surface area (Å²) < 4.78 is 16.7. The first kappa shape index (κ1) is 23.8. The van der Waals surface area contributed by atoms with E-state index in [4.69, 9.17) is 14.2 Å². The molecule has 4 aromatic carbocycles. The van der Waals surface area contributed by atoms with E-state index in [2.05, 4.69) is 0 Å². The number of hydrogen-bond donors (Lipinski definition) is 0. The number of carbonyl (C=O) groups excluding carboxylic acids is 2. The number of ketones is 1. The Kier molecular flexibility index (Phi) is 7.58. The lowest BCUT2D eigenvalue weighted by Crippen LogP contribution is -2.20. The van der Waals surface area contributed by atoms with Gasteiger partial charge in [0.25, 0.3) is 0 Å². The third-order valence-corrected chi connectivity index (χ3v) is 5.56. The smallest absolute Gasteiger partial charge is 0.339 e. The first-order valence-electron chi connectivity index (χ1n) is 11.3. The summed E-state index contributed by atoms with van der Waals surface area (Å²) in [4.78, 5) is 26.2. The predicted molar refractivity (Wildman–Crippen MR) is 134 cm³/mol. The van der Waals surface area contributed by atoms with Gasteiger partial charge in [-0.3, -0.25) is 4.79 Å². The van der Waals surface area contributed by atoms with E-state index in [1.807, 2.05) is 49.4 Å². The second-order valence-electron chi connectivity index (χ2n) is 8.09. The van der Waals surface area contributed by atoms with Crippen molar-refractivity contribution in [3.8, 4) is 11.5 Å². The minimum Gasteiger partial charge on any atom is -0.497 e. The molecular weight excluding hydrogens is 440 g/mol. The molecule has 0 spiro atoms. The van der Waals surface area contributed by atoms with Gasteiger partial charge in [0.15, 0.2) is 6.10 Å². The second-order valence-corrected chi connectivity index (χ2v) is 8.09. The van der Waals surface area contributed by atoms with E-state index < -0.39 is 12.1 Å². The molecular formula is C30H26O5. The van der Waals surface area contributed by atoms with E-state index >= 15 is 0 Å². The van der Waals surface area contributed by atoms with Crippen LogP contribution >= 0.6 is 0 Å². The Morgan fingerprint density at radius 1 is 0.714 bits per heavy atom. The summed E-state index contributed by atoms with van der Waals surface area (Å²) in [6, 6.07) is 30.5. The molecule has 0 radical (unpaired) electrons. The third-order valence-electron chi connectivity index (χ3n) is 5.56. The van der Waals surface area contributed by atoms with Crippen molar-refractivity contribution < 1.29 is 23.8 Å². The number of carbonyl (C=O) groups is 2. The highest BCUT2D eigenvalue weighted by molar-refractivity contribution is 6.02. The number of hydrogen-bond acceptors (Lipinski definition) is 5. The van der Waals surface area contributed by atoms with Gasteiger partial charge in [0.2, 0.25) is 5.78 Å². The zero-order chi connectivity index (χ0) is 24.6. The van der Waals surface area contributed by atoms with Gasteiger partial charge in [0, 0.05) is 11.1 Å². The van der Waals surface area contributed by atoms with Gasteiger partial charge in [-0.15, -0.1) is 0 Å². The lowest BCUT2D eigenvalue weighted by molar-refractivity contribution is 0.0280. The van der Waals surface area contributed by atoms with Crippen LogP contribution in [-0.2, 0) is 11.3 Å². The van der Waals surface area contributed by atoms with Crippen LogP contribution in [0.4, 0.5) is 0 Å². The summed E-state index contributed by atoms with van der Waals surface area (Å²) in [5.41, 5.74) is 3.46. The summed E-state index contributed by atoms with van der Waals surface area (Å²) in [5.74, 6) is 0.533. The number of Topliss-reactive ketones (excluding diaryl/α,β-unsaturated/α-hetero) is 1. The van der Waals surface area contributed by atoms with Crippen molar-refractivity contribution in [2.24, 2.45) is 0 Å². The van der Waals surface area contributed by atoms with Crippen molar-refractivity contribution in [3.05, 3.63) is 131 Å². The molecule has 0 fully saturated rings. The normalized spacial score (nSPS) is 11.4. The largest absolute Gasteiger partial charge is 0.497 e. The number of ether oxygens (including phenoxy) is 3. The summed E-state index contributed by atoms with van der Waals surface area (Å²) in [7, 11) is 1.56. The van der Waals surface area contributed by atoms with Crippen molar-refractivity contribution in [3.63, 3.8) is 0 Å². The molecule has 5 nitrogen and oxygen atoms in total. The fraction of sp³-hybridized carbons (Fsp3) is 0.133. The fourth-order valence-corrected chi connectivity index (χ4v) is 3.52. The van der Waals surface area contributed by atoms with E-state index in [1.54, 1.807) is 67.8 Å². The van der Waals surface area contributed by atoms with Gasteiger partial charge in [-0.25, -0.2) is 4.79 Å². The quantitative estimate of drug-likeness (QED) is 0.212. The Morgan fingerprint density at radius 3 is 1.94 bits per heavy atom. The molecule has 5 heteroatoms. The maximum Gasteiger partial charge on any atom is 0.339 e. The lowest BCUT2D eigenvalue weighted by Gasteiger charge is -2.18. The minimum absolute atomic E-state index is 0.310. The Bertz CT molecular complexity index is 1260. The average molecular weight is 467 g/mol. The molecule has 0 amide bonds. The van der Waals surface area contributed by atoms with Crippen LogP contribution in [0.5, 0.6) is 11.5 Å². The summed E-state index contributed by atoms with van der Waals surface area (Å²) >= 11 is 0. The van der Waals surface area contributed by atoms with Gasteiger partial charge >= 0.3 is 5.97 Å². The van der Waals surface area contributed by atoms with E-state index in [0.717, 1.165) is 11.3 Å². The molecule has 35 heavy (non-hydrogen) atoms. The highest BCUT2D eigenvalue weighted by Gasteiger charge is 2.26. The lowest BCUT2D eigenvalue weighted by atomic mass is 9.99. The van der Waals surface area contributed by atoms with E-state index in [0.29, 0.717) is 29.0 Å². The molecule has 0 aliphatic heterocycles. The standard InChI is InChI=1S/C30H26O5/c1-21-8-16-27(17-9-21)34-20-22-10-12-25(13-11-22)30(32)35-29(24-6-4-3-5-7-24)28(31)23-14-18-26(33-2)19-15-23/h3-19,29H,20H2,1-2H3/t29-/m0/s1. The summed E-state index contributed by atoms with van der Waals surface area (Å²) in [5, 5.41) is 0. The molecule has 4 rings (SSSR count). The maximum absolute atomic E-state index is 13.3. The molecule has 0 bridgehead atoms. The topological polar surface area (TPSA) is 61.8 Å². The molecule has 0 saturated heterocycles. The number of rotatable bonds is 9. The van der Waals surface area contributed by atoms with Gasteiger partial charge in [-0.2, -0.15) is 0 Å². The van der Waals surface area contributed by atoms with Crippen LogP contribution < -0.4 is 9.47 Å². The molecule has 0 N–H and O–H groups in total. The van der Waals surface area contributed by atoms with Crippen LogP contribution in [-0.4, -0.2) is 18.9 Å². The second kappa shape index (κ2) is 11.2. The minimum atomic E-state index is -1.07. The van der Waals surface area contributed by atoms with Crippen LogP contribution in [0, 0.1) is 6.92 Å². The van der Waals surface area contributed by atoms with Crippen molar-refractivity contribution in [1.29, 1.82) is 0 Å². The average Bonchev–Trinajstić information content (AvgIpc) is 2.91. The molecule has 1 atom stereocenters. The fourth-order valence-electron chi connectivity index (χ4n) is 3.52. The molecule has 0 aliphatic carbocycles. The number of benzene rings is 4. The van der Waals surface area contributed by atoms with Gasteiger partial charge in [0.05, 0.1) is 12.7 Å². The van der Waals surface area contributed by atoms with Crippen molar-refractivity contribution in [1.82, 2.24) is 0 Å². The Balaban J connectivity index is 1.47. The molecule has 176 valence electrons. The van der Waals surface area contributed by atoms with Crippen LogP contribution in [0.15, 0.2) is 103 Å². The monoisotopic (exact) mass is 466 g/mol. The van der Waals surface area contributed by atoms with Crippen molar-refractivity contribution in [2.45, 2.75) is 19.6 Å². The van der Waals surface area contributed by atoms with E-state index in [9.17, 15) is 9.59 Å². The SMILES string of the molecule is COc1ccc(C(=O)[C@@H](OC(=O)c2ccc(COc3ccc(C)cc3)cc2)c2ccccc2)cc1.